The number of methoxy groups -OCH3 is 1. The summed E-state index contributed by atoms with van der Waals surface area (Å²) in [6, 6.07) is 11.4. The van der Waals surface area contributed by atoms with Crippen LogP contribution >= 0.6 is 0 Å². The fourth-order valence-corrected chi connectivity index (χ4v) is 6.28. The van der Waals surface area contributed by atoms with E-state index < -0.39 is 47.2 Å². The maximum atomic E-state index is 15.2. The summed E-state index contributed by atoms with van der Waals surface area (Å²) in [7, 11) is 1.59. The number of benzene rings is 2. The van der Waals surface area contributed by atoms with Crippen LogP contribution in [-0.2, 0) is 30.3 Å². The number of rotatable bonds is 20. The molecule has 1 aliphatic heterocycles. The maximum absolute atomic E-state index is 15.2. The second kappa shape index (κ2) is 19.1. The summed E-state index contributed by atoms with van der Waals surface area (Å²) in [5, 5.41) is 16.5. The monoisotopic (exact) mass is 717 g/mol. The number of alkyl halides is 1. The minimum Gasteiger partial charge on any atom is -0.384 e. The summed E-state index contributed by atoms with van der Waals surface area (Å²) in [5.41, 5.74) is -0.196. The Morgan fingerprint density at radius 1 is 1.08 bits per heavy atom. The van der Waals surface area contributed by atoms with Crippen LogP contribution in [0.2, 0.25) is 0 Å². The standard InChI is InChI=1S/C37H50F3N5O6/c1-25(46)36(48)45(23-27-20-41-21-31(27)40)34(37(2,3)19-33(47)42-12-13-50-16-17-51-15-14-49-4)35-43-32(29-18-28(38)10-11-30(29)39)24-44(35)22-26-8-6-5-7-9-26/h5-11,18,24-25,27,31,34,41,46H,12-17,19-23H2,1-4H3,(H,42,47). The maximum Gasteiger partial charge on any atom is 0.251 e. The molecule has 0 saturated carbocycles. The van der Waals surface area contributed by atoms with Crippen molar-refractivity contribution >= 4 is 11.8 Å². The molecule has 0 bridgehead atoms. The third-order valence-corrected chi connectivity index (χ3v) is 8.82. The van der Waals surface area contributed by atoms with E-state index in [2.05, 4.69) is 10.6 Å². The van der Waals surface area contributed by atoms with Gasteiger partial charge in [-0.2, -0.15) is 0 Å². The van der Waals surface area contributed by atoms with Gasteiger partial charge in [-0.05, 0) is 30.7 Å². The summed E-state index contributed by atoms with van der Waals surface area (Å²) in [6.45, 7) is 7.59. The quantitative estimate of drug-likeness (QED) is 0.150. The van der Waals surface area contributed by atoms with E-state index in [1.807, 2.05) is 30.3 Å². The third-order valence-electron chi connectivity index (χ3n) is 8.82. The largest absolute Gasteiger partial charge is 0.384 e. The number of aromatic nitrogens is 2. The molecule has 2 heterocycles. The minimum absolute atomic E-state index is 0.0846. The van der Waals surface area contributed by atoms with Crippen LogP contribution in [0.3, 0.4) is 0 Å². The van der Waals surface area contributed by atoms with E-state index in [1.165, 1.54) is 11.8 Å². The minimum atomic E-state index is -1.46. The summed E-state index contributed by atoms with van der Waals surface area (Å²) in [5.74, 6) is -2.70. The highest BCUT2D eigenvalue weighted by Gasteiger charge is 2.45. The van der Waals surface area contributed by atoms with Gasteiger partial charge in [-0.15, -0.1) is 0 Å². The Morgan fingerprint density at radius 2 is 1.78 bits per heavy atom. The van der Waals surface area contributed by atoms with Gasteiger partial charge in [-0.3, -0.25) is 9.59 Å². The predicted molar refractivity (Wildman–Crippen MR) is 185 cm³/mol. The molecule has 51 heavy (non-hydrogen) atoms. The first-order valence-corrected chi connectivity index (χ1v) is 17.2. The average Bonchev–Trinajstić information content (AvgIpc) is 3.69. The van der Waals surface area contributed by atoms with Crippen molar-refractivity contribution in [1.82, 2.24) is 25.1 Å². The van der Waals surface area contributed by atoms with Crippen LogP contribution in [0, 0.1) is 23.0 Å². The molecule has 1 saturated heterocycles. The Morgan fingerprint density at radius 3 is 2.45 bits per heavy atom. The van der Waals surface area contributed by atoms with E-state index in [1.54, 1.807) is 31.7 Å². The van der Waals surface area contributed by atoms with Crippen LogP contribution in [0.15, 0.2) is 54.7 Å². The molecule has 1 aliphatic rings. The van der Waals surface area contributed by atoms with Gasteiger partial charge >= 0.3 is 0 Å². The van der Waals surface area contributed by atoms with Crippen molar-refractivity contribution in [1.29, 1.82) is 0 Å². The summed E-state index contributed by atoms with van der Waals surface area (Å²) in [4.78, 5) is 33.6. The van der Waals surface area contributed by atoms with Gasteiger partial charge in [-0.1, -0.05) is 44.2 Å². The van der Waals surface area contributed by atoms with Gasteiger partial charge < -0.3 is 39.4 Å². The second-order valence-corrected chi connectivity index (χ2v) is 13.5. The molecular formula is C37H50F3N5O6. The van der Waals surface area contributed by atoms with Crippen LogP contribution in [0.4, 0.5) is 13.2 Å². The number of nitrogens with one attached hydrogen (secondary N) is 2. The zero-order chi connectivity index (χ0) is 37.0. The number of amides is 2. The molecule has 2 aromatic carbocycles. The van der Waals surface area contributed by atoms with Gasteiger partial charge in [0.25, 0.3) is 5.91 Å². The van der Waals surface area contributed by atoms with Crippen molar-refractivity contribution < 1.29 is 42.1 Å². The van der Waals surface area contributed by atoms with Crippen LogP contribution in [0.1, 0.15) is 44.6 Å². The molecular weight excluding hydrogens is 667 g/mol. The van der Waals surface area contributed by atoms with Gasteiger partial charge in [0, 0.05) is 69.3 Å². The van der Waals surface area contributed by atoms with Crippen molar-refractivity contribution in [3.05, 3.63) is 77.8 Å². The first kappa shape index (κ1) is 40.0. The molecule has 3 N–H and O–H groups in total. The molecule has 14 heteroatoms. The summed E-state index contributed by atoms with van der Waals surface area (Å²) >= 11 is 0. The number of aliphatic hydroxyl groups is 1. The number of carbonyl (C=O) groups excluding carboxylic acids is 2. The number of aliphatic hydroxyl groups excluding tert-OH is 1. The zero-order valence-corrected chi connectivity index (χ0v) is 29.7. The lowest BCUT2D eigenvalue weighted by molar-refractivity contribution is -0.147. The first-order chi connectivity index (χ1) is 24.4. The molecule has 0 aliphatic carbocycles. The molecule has 1 fully saturated rings. The zero-order valence-electron chi connectivity index (χ0n) is 29.7. The summed E-state index contributed by atoms with van der Waals surface area (Å²) in [6.07, 6.45) is -1.24. The Labute approximate surface area is 297 Å². The molecule has 4 rings (SSSR count). The van der Waals surface area contributed by atoms with Crippen LogP contribution in [0.5, 0.6) is 0 Å². The van der Waals surface area contributed by atoms with E-state index in [0.29, 0.717) is 33.0 Å². The highest BCUT2D eigenvalue weighted by atomic mass is 19.1. The molecule has 4 atom stereocenters. The van der Waals surface area contributed by atoms with Gasteiger partial charge in [0.1, 0.15) is 29.7 Å². The molecule has 2 amide bonds. The molecule has 11 nitrogen and oxygen atoms in total. The van der Waals surface area contributed by atoms with Crippen molar-refractivity contribution in [2.45, 2.75) is 52.1 Å². The van der Waals surface area contributed by atoms with Crippen molar-refractivity contribution in [2.75, 3.05) is 66.3 Å². The van der Waals surface area contributed by atoms with Crippen LogP contribution in [0.25, 0.3) is 11.3 Å². The van der Waals surface area contributed by atoms with Crippen molar-refractivity contribution in [3.8, 4) is 11.3 Å². The number of imidazole rings is 1. The average molecular weight is 718 g/mol. The van der Waals surface area contributed by atoms with Gasteiger partial charge in [0.15, 0.2) is 0 Å². The number of ether oxygens (including phenoxy) is 3. The van der Waals surface area contributed by atoms with E-state index in [-0.39, 0.29) is 62.2 Å². The Hall–Kier alpha value is -3.82. The van der Waals surface area contributed by atoms with Crippen LogP contribution < -0.4 is 10.6 Å². The number of hydrogen-bond donors (Lipinski definition) is 3. The fourth-order valence-electron chi connectivity index (χ4n) is 6.28. The Balaban J connectivity index is 1.71. The van der Waals surface area contributed by atoms with E-state index in [0.717, 1.165) is 23.8 Å². The lowest BCUT2D eigenvalue weighted by atomic mass is 9.78. The molecule has 280 valence electrons. The van der Waals surface area contributed by atoms with Gasteiger partial charge in [0.05, 0.1) is 44.8 Å². The lowest BCUT2D eigenvalue weighted by Gasteiger charge is -2.43. The molecule has 4 unspecified atom stereocenters. The third kappa shape index (κ3) is 11.3. The highest BCUT2D eigenvalue weighted by Crippen LogP contribution is 2.43. The van der Waals surface area contributed by atoms with E-state index in [9.17, 15) is 19.1 Å². The molecule has 0 radical (unpaired) electrons. The normalized spacial score (nSPS) is 17.3. The topological polar surface area (TPSA) is 127 Å². The highest BCUT2D eigenvalue weighted by molar-refractivity contribution is 5.81. The van der Waals surface area contributed by atoms with Gasteiger partial charge in [0.2, 0.25) is 5.91 Å². The predicted octanol–water partition coefficient (Wildman–Crippen LogP) is 3.90. The molecule has 1 aromatic heterocycles. The smallest absolute Gasteiger partial charge is 0.251 e. The number of nitrogens with zero attached hydrogens (tertiary/aromatic N) is 3. The number of carbonyl (C=O) groups is 2. The molecule has 3 aromatic rings. The first-order valence-electron chi connectivity index (χ1n) is 17.2. The SMILES string of the molecule is COCCOCCOCCNC(=O)CC(C)(C)C(c1nc(-c2cc(F)ccc2F)cn1Cc1ccccc1)N(CC1CNCC1F)C(=O)C(C)O. The number of hydrogen-bond acceptors (Lipinski definition) is 8. The summed E-state index contributed by atoms with van der Waals surface area (Å²) < 4.78 is 62.3. The second-order valence-electron chi connectivity index (χ2n) is 13.5. The van der Waals surface area contributed by atoms with Gasteiger partial charge in [-0.25, -0.2) is 18.2 Å². The van der Waals surface area contributed by atoms with Crippen molar-refractivity contribution in [3.63, 3.8) is 0 Å². The number of halogens is 3. The fraction of sp³-hybridized carbons (Fsp3) is 0.541. The van der Waals surface area contributed by atoms with E-state index in [4.69, 9.17) is 19.2 Å². The molecule has 0 spiro atoms. The van der Waals surface area contributed by atoms with Crippen molar-refractivity contribution in [2.24, 2.45) is 11.3 Å². The lowest BCUT2D eigenvalue weighted by Crippen LogP contribution is -2.50. The Bertz CT molecular complexity index is 1560. The van der Waals surface area contributed by atoms with E-state index >= 15 is 8.78 Å². The Kier molecular flexibility index (Phi) is 15.0. The van der Waals surface area contributed by atoms with Crippen LogP contribution in [-0.4, -0.2) is 110 Å².